The Hall–Kier alpha value is -1.02. The summed E-state index contributed by atoms with van der Waals surface area (Å²) in [6.45, 7) is 3.64. The average molecular weight is 270 g/mol. The third kappa shape index (κ3) is 2.24. The molecule has 108 valence electrons. The summed E-state index contributed by atoms with van der Waals surface area (Å²) in [5.74, 6) is 3.79. The highest BCUT2D eigenvalue weighted by atomic mass is 15.1. The number of benzene rings is 1. The number of hydrogen-bond donors (Lipinski definition) is 1. The van der Waals surface area contributed by atoms with E-state index in [2.05, 4.69) is 41.5 Å². The molecule has 1 aromatic rings. The smallest absolute Gasteiger partial charge is 0.0376 e. The van der Waals surface area contributed by atoms with Crippen molar-refractivity contribution in [1.82, 2.24) is 4.90 Å². The molecule has 20 heavy (non-hydrogen) atoms. The van der Waals surface area contributed by atoms with E-state index in [4.69, 9.17) is 0 Å². The van der Waals surface area contributed by atoms with Crippen LogP contribution in [0, 0.1) is 17.8 Å². The van der Waals surface area contributed by atoms with E-state index in [1.807, 2.05) is 0 Å². The molecule has 2 saturated carbocycles. The lowest BCUT2D eigenvalue weighted by atomic mass is 9.88. The molecule has 0 radical (unpaired) electrons. The fourth-order valence-corrected chi connectivity index (χ4v) is 4.97. The molecule has 0 saturated heterocycles. The Labute approximate surface area is 122 Å². The van der Waals surface area contributed by atoms with Crippen molar-refractivity contribution in [3.63, 3.8) is 0 Å². The Morgan fingerprint density at radius 2 is 2.05 bits per heavy atom. The molecule has 1 aromatic carbocycles. The SMILES string of the molecule is CN(CC1CNc2ccccc21)CC1CC2CCC1C2. The molecule has 2 bridgehead atoms. The summed E-state index contributed by atoms with van der Waals surface area (Å²) in [4.78, 5) is 2.60. The molecule has 3 aliphatic rings. The Morgan fingerprint density at radius 3 is 2.85 bits per heavy atom. The molecular formula is C18H26N2. The van der Waals surface area contributed by atoms with Gasteiger partial charge in [0.15, 0.2) is 0 Å². The fraction of sp³-hybridized carbons (Fsp3) is 0.667. The molecular weight excluding hydrogens is 244 g/mol. The molecule has 0 aromatic heterocycles. The van der Waals surface area contributed by atoms with Crippen LogP contribution in [-0.2, 0) is 0 Å². The van der Waals surface area contributed by atoms with Crippen LogP contribution in [0.5, 0.6) is 0 Å². The van der Waals surface area contributed by atoms with Crippen LogP contribution in [0.1, 0.15) is 37.2 Å². The maximum Gasteiger partial charge on any atom is 0.0376 e. The molecule has 1 aliphatic heterocycles. The van der Waals surface area contributed by atoms with Gasteiger partial charge in [0, 0.05) is 31.2 Å². The number of anilines is 1. The zero-order chi connectivity index (χ0) is 13.5. The normalized spacial score (nSPS) is 34.5. The molecule has 0 amide bonds. The van der Waals surface area contributed by atoms with E-state index in [1.54, 1.807) is 0 Å². The number of fused-ring (bicyclic) bond motifs is 3. The number of nitrogens with one attached hydrogen (secondary N) is 1. The molecule has 2 heteroatoms. The molecule has 0 spiro atoms. The van der Waals surface area contributed by atoms with Crippen LogP contribution >= 0.6 is 0 Å². The van der Waals surface area contributed by atoms with Crippen molar-refractivity contribution in [3.05, 3.63) is 29.8 Å². The lowest BCUT2D eigenvalue weighted by molar-refractivity contribution is 0.213. The first-order valence-electron chi connectivity index (χ1n) is 8.31. The quantitative estimate of drug-likeness (QED) is 0.900. The van der Waals surface area contributed by atoms with Gasteiger partial charge in [-0.1, -0.05) is 24.6 Å². The molecule has 1 heterocycles. The minimum atomic E-state index is 0.676. The van der Waals surface area contributed by atoms with Gasteiger partial charge in [0.25, 0.3) is 0 Å². The highest BCUT2D eigenvalue weighted by molar-refractivity contribution is 5.57. The van der Waals surface area contributed by atoms with Gasteiger partial charge in [0.2, 0.25) is 0 Å². The predicted molar refractivity (Wildman–Crippen MR) is 84.1 cm³/mol. The van der Waals surface area contributed by atoms with Gasteiger partial charge in [-0.3, -0.25) is 0 Å². The highest BCUT2D eigenvalue weighted by Crippen LogP contribution is 2.48. The van der Waals surface area contributed by atoms with Crippen LogP contribution in [0.3, 0.4) is 0 Å². The second-order valence-electron chi connectivity index (χ2n) is 7.32. The van der Waals surface area contributed by atoms with Gasteiger partial charge in [0.05, 0.1) is 0 Å². The van der Waals surface area contributed by atoms with Crippen molar-refractivity contribution < 1.29 is 0 Å². The van der Waals surface area contributed by atoms with E-state index in [0.29, 0.717) is 5.92 Å². The summed E-state index contributed by atoms with van der Waals surface area (Å²) in [7, 11) is 2.33. The van der Waals surface area contributed by atoms with E-state index < -0.39 is 0 Å². The average Bonchev–Trinajstić information content (AvgIpc) is 3.14. The van der Waals surface area contributed by atoms with Crippen LogP contribution in [-0.4, -0.2) is 31.6 Å². The second-order valence-corrected chi connectivity index (χ2v) is 7.32. The first kappa shape index (κ1) is 12.7. The summed E-state index contributed by atoms with van der Waals surface area (Å²) in [6.07, 6.45) is 6.07. The second kappa shape index (κ2) is 5.07. The Kier molecular flexibility index (Phi) is 3.22. The first-order chi connectivity index (χ1) is 9.79. The van der Waals surface area contributed by atoms with Crippen molar-refractivity contribution >= 4 is 5.69 Å². The summed E-state index contributed by atoms with van der Waals surface area (Å²) in [6, 6.07) is 8.82. The van der Waals surface area contributed by atoms with Crippen molar-refractivity contribution in [2.75, 3.05) is 32.0 Å². The van der Waals surface area contributed by atoms with Crippen LogP contribution in [0.15, 0.2) is 24.3 Å². The Bertz CT molecular complexity index is 484. The van der Waals surface area contributed by atoms with Crippen molar-refractivity contribution in [2.45, 2.75) is 31.6 Å². The molecule has 4 atom stereocenters. The van der Waals surface area contributed by atoms with Gasteiger partial charge >= 0.3 is 0 Å². The molecule has 4 rings (SSSR count). The van der Waals surface area contributed by atoms with E-state index in [9.17, 15) is 0 Å². The maximum absolute atomic E-state index is 3.55. The predicted octanol–water partition coefficient (Wildman–Crippen LogP) is 3.56. The van der Waals surface area contributed by atoms with E-state index >= 15 is 0 Å². The fourth-order valence-electron chi connectivity index (χ4n) is 4.97. The van der Waals surface area contributed by atoms with Gasteiger partial charge in [-0.2, -0.15) is 0 Å². The van der Waals surface area contributed by atoms with E-state index in [0.717, 1.165) is 24.3 Å². The van der Waals surface area contributed by atoms with Gasteiger partial charge in [-0.15, -0.1) is 0 Å². The van der Waals surface area contributed by atoms with Crippen molar-refractivity contribution in [1.29, 1.82) is 0 Å². The minimum absolute atomic E-state index is 0.676. The highest BCUT2D eigenvalue weighted by Gasteiger charge is 2.39. The van der Waals surface area contributed by atoms with Gasteiger partial charge in [0.1, 0.15) is 0 Å². The zero-order valence-electron chi connectivity index (χ0n) is 12.5. The van der Waals surface area contributed by atoms with Crippen molar-refractivity contribution in [2.24, 2.45) is 17.8 Å². The van der Waals surface area contributed by atoms with Gasteiger partial charge in [-0.05, 0) is 55.7 Å². The standard InChI is InChI=1S/C18H26N2/c1-20(11-15-9-13-6-7-14(15)8-13)12-16-10-19-18-5-3-2-4-17(16)18/h2-5,13-16,19H,6-12H2,1H3. The third-order valence-electron chi connectivity index (χ3n) is 5.90. The number of likely N-dealkylation sites (N-methyl/N-ethyl adjacent to an activating group) is 1. The number of rotatable bonds is 4. The number of hydrogen-bond acceptors (Lipinski definition) is 2. The van der Waals surface area contributed by atoms with Gasteiger partial charge < -0.3 is 10.2 Å². The monoisotopic (exact) mass is 270 g/mol. The summed E-state index contributed by atoms with van der Waals surface area (Å²) >= 11 is 0. The third-order valence-corrected chi connectivity index (χ3v) is 5.90. The first-order valence-corrected chi connectivity index (χ1v) is 8.31. The maximum atomic E-state index is 3.55. The minimum Gasteiger partial charge on any atom is -0.384 e. The molecule has 2 nitrogen and oxygen atoms in total. The number of para-hydroxylation sites is 1. The largest absolute Gasteiger partial charge is 0.384 e. The van der Waals surface area contributed by atoms with E-state index in [1.165, 1.54) is 50.0 Å². The van der Waals surface area contributed by atoms with Gasteiger partial charge in [-0.25, -0.2) is 0 Å². The Morgan fingerprint density at radius 1 is 1.15 bits per heavy atom. The molecule has 2 fully saturated rings. The van der Waals surface area contributed by atoms with Crippen LogP contribution < -0.4 is 5.32 Å². The lowest BCUT2D eigenvalue weighted by Gasteiger charge is -2.28. The topological polar surface area (TPSA) is 15.3 Å². The van der Waals surface area contributed by atoms with Crippen LogP contribution in [0.4, 0.5) is 5.69 Å². The lowest BCUT2D eigenvalue weighted by Crippen LogP contribution is -2.32. The summed E-state index contributed by atoms with van der Waals surface area (Å²) < 4.78 is 0. The molecule has 2 aliphatic carbocycles. The summed E-state index contributed by atoms with van der Waals surface area (Å²) in [5.41, 5.74) is 2.87. The molecule has 1 N–H and O–H groups in total. The molecule has 4 unspecified atom stereocenters. The van der Waals surface area contributed by atoms with Crippen LogP contribution in [0.2, 0.25) is 0 Å². The van der Waals surface area contributed by atoms with Crippen molar-refractivity contribution in [3.8, 4) is 0 Å². The summed E-state index contributed by atoms with van der Waals surface area (Å²) in [5, 5.41) is 3.55. The van der Waals surface area contributed by atoms with Crippen LogP contribution in [0.25, 0.3) is 0 Å². The Balaban J connectivity index is 1.36. The number of nitrogens with zero attached hydrogens (tertiary/aromatic N) is 1. The van der Waals surface area contributed by atoms with E-state index in [-0.39, 0.29) is 0 Å². The zero-order valence-corrected chi connectivity index (χ0v) is 12.5.